The summed E-state index contributed by atoms with van der Waals surface area (Å²) in [7, 11) is 0. The van der Waals surface area contributed by atoms with Crippen molar-refractivity contribution >= 4 is 29.8 Å². The van der Waals surface area contributed by atoms with Crippen molar-refractivity contribution in [3.8, 4) is 0 Å². The number of carbonyl (C=O) groups excluding carboxylic acids is 4. The van der Waals surface area contributed by atoms with Gasteiger partial charge in [-0.05, 0) is 89.6 Å². The molecule has 6 atom stereocenters. The Labute approximate surface area is 303 Å². The minimum atomic E-state index is -1.40. The number of nitrogens with one attached hydrogen (secondary N) is 2. The largest absolute Gasteiger partial charge is 0.499 e. The van der Waals surface area contributed by atoms with Gasteiger partial charge in [-0.25, -0.2) is 4.79 Å². The summed E-state index contributed by atoms with van der Waals surface area (Å²) < 4.78 is 29.8. The molecular formula is C38H52N2O12. The Hall–Kier alpha value is -3.82. The molecular weight excluding hydrogens is 676 g/mol. The van der Waals surface area contributed by atoms with Crippen LogP contribution < -0.4 is 10.6 Å². The number of aliphatic hydroxyl groups excluding tert-OH is 3. The van der Waals surface area contributed by atoms with E-state index in [2.05, 4.69) is 10.6 Å². The normalized spacial score (nSPS) is 24.2. The van der Waals surface area contributed by atoms with E-state index in [0.29, 0.717) is 5.56 Å². The van der Waals surface area contributed by atoms with Gasteiger partial charge in [-0.3, -0.25) is 14.4 Å². The van der Waals surface area contributed by atoms with Crippen LogP contribution in [0.3, 0.4) is 0 Å². The van der Waals surface area contributed by atoms with E-state index in [4.69, 9.17) is 28.8 Å². The number of rotatable bonds is 17. The lowest BCUT2D eigenvalue weighted by molar-refractivity contribution is -0.209. The van der Waals surface area contributed by atoms with E-state index in [0.717, 1.165) is 25.7 Å². The zero-order valence-electron chi connectivity index (χ0n) is 30.2. The molecule has 0 bridgehead atoms. The van der Waals surface area contributed by atoms with Crippen LogP contribution in [0, 0.1) is 11.8 Å². The van der Waals surface area contributed by atoms with Gasteiger partial charge < -0.3 is 49.6 Å². The summed E-state index contributed by atoms with van der Waals surface area (Å²) in [5.41, 5.74) is 0.456. The smallest absolute Gasteiger partial charge is 0.338 e. The summed E-state index contributed by atoms with van der Waals surface area (Å²) >= 11 is 0. The molecule has 14 heteroatoms. The standard InChI is InChI=1S/C38H52N2O12/c1-22(43)32(35(46)39-28(21-42)12-13-31(44)51-37(2,3)4)40-34(45)25-19-29(33-30(20-25)50-38(52-33,26-8-9-26)27-10-11-27)49-36(47)24-7-5-6-23(18-24)14-16-48-17-15-41/h5-7,14,16,18,20,22,26-30,32-33,41-43H,8-13,15,17,19,21H2,1-4H3,(H,39,46)(H,40,45)/t22-,28-,29+,30+,32+,33-/m0/s1. The summed E-state index contributed by atoms with van der Waals surface area (Å²) in [5, 5.41) is 34.6. The Kier molecular flexibility index (Phi) is 12.8. The maximum Gasteiger partial charge on any atom is 0.338 e. The van der Waals surface area contributed by atoms with Crippen LogP contribution in [0.4, 0.5) is 0 Å². The van der Waals surface area contributed by atoms with E-state index < -0.39 is 78.2 Å². The van der Waals surface area contributed by atoms with Crippen molar-refractivity contribution in [2.24, 2.45) is 11.8 Å². The Morgan fingerprint density at radius 1 is 1.06 bits per heavy atom. The zero-order valence-corrected chi connectivity index (χ0v) is 30.2. The number of hydrogen-bond acceptors (Lipinski definition) is 12. The highest BCUT2D eigenvalue weighted by Crippen LogP contribution is 2.59. The molecule has 0 spiro atoms. The molecule has 0 aromatic heterocycles. The van der Waals surface area contributed by atoms with Crippen LogP contribution >= 0.6 is 0 Å². The van der Waals surface area contributed by atoms with Gasteiger partial charge in [0, 0.05) is 30.3 Å². The Balaban J connectivity index is 1.29. The van der Waals surface area contributed by atoms with Crippen LogP contribution in [0.15, 0.2) is 42.2 Å². The maximum atomic E-state index is 13.8. The Bertz CT molecular complexity index is 1500. The van der Waals surface area contributed by atoms with Crippen molar-refractivity contribution < 1.29 is 58.2 Å². The molecule has 4 aliphatic rings. The van der Waals surface area contributed by atoms with E-state index in [9.17, 15) is 29.4 Å². The van der Waals surface area contributed by atoms with Gasteiger partial charge >= 0.3 is 11.9 Å². The van der Waals surface area contributed by atoms with Crippen LogP contribution in [-0.4, -0.2) is 107 Å². The van der Waals surface area contributed by atoms with Crippen LogP contribution in [0.25, 0.3) is 6.08 Å². The first-order valence-corrected chi connectivity index (χ1v) is 18.1. The third-order valence-electron chi connectivity index (χ3n) is 9.38. The fraction of sp³-hybridized carbons (Fsp3) is 0.632. The highest BCUT2D eigenvalue weighted by Gasteiger charge is 2.64. The number of fused-ring (bicyclic) bond motifs is 1. The predicted octanol–water partition coefficient (Wildman–Crippen LogP) is 2.29. The van der Waals surface area contributed by atoms with E-state index in [-0.39, 0.29) is 55.4 Å². The van der Waals surface area contributed by atoms with Crippen LogP contribution in [0.5, 0.6) is 0 Å². The summed E-state index contributed by atoms with van der Waals surface area (Å²) in [6.45, 7) is 6.09. The molecule has 1 aliphatic heterocycles. The van der Waals surface area contributed by atoms with E-state index in [1.54, 1.807) is 57.2 Å². The molecule has 1 saturated heterocycles. The molecule has 2 amide bonds. The summed E-state index contributed by atoms with van der Waals surface area (Å²) in [4.78, 5) is 52.8. The third-order valence-corrected chi connectivity index (χ3v) is 9.38. The minimum absolute atomic E-state index is 0.0363. The van der Waals surface area contributed by atoms with Gasteiger partial charge in [0.25, 0.3) is 0 Å². The molecule has 1 heterocycles. The predicted molar refractivity (Wildman–Crippen MR) is 186 cm³/mol. The number of carbonyl (C=O) groups is 4. The second-order valence-corrected chi connectivity index (χ2v) is 15.0. The van der Waals surface area contributed by atoms with Gasteiger partial charge in [-0.2, -0.15) is 0 Å². The minimum Gasteiger partial charge on any atom is -0.499 e. The van der Waals surface area contributed by atoms with E-state index >= 15 is 0 Å². The quantitative estimate of drug-likeness (QED) is 0.0893. The molecule has 3 fully saturated rings. The topological polar surface area (TPSA) is 199 Å². The summed E-state index contributed by atoms with van der Waals surface area (Å²) in [6.07, 6.45) is 4.96. The van der Waals surface area contributed by atoms with E-state index in [1.165, 1.54) is 13.2 Å². The molecule has 52 heavy (non-hydrogen) atoms. The lowest BCUT2D eigenvalue weighted by Crippen LogP contribution is -2.55. The second-order valence-electron chi connectivity index (χ2n) is 15.0. The fourth-order valence-corrected chi connectivity index (χ4v) is 6.62. The molecule has 0 unspecified atom stereocenters. The van der Waals surface area contributed by atoms with Crippen molar-refractivity contribution in [3.05, 3.63) is 53.3 Å². The first-order valence-electron chi connectivity index (χ1n) is 18.1. The Morgan fingerprint density at radius 2 is 1.77 bits per heavy atom. The van der Waals surface area contributed by atoms with Gasteiger partial charge in [-0.1, -0.05) is 12.1 Å². The van der Waals surface area contributed by atoms with Gasteiger partial charge in [0.1, 0.15) is 36.6 Å². The molecule has 2 saturated carbocycles. The van der Waals surface area contributed by atoms with Crippen LogP contribution in [0.1, 0.15) is 88.6 Å². The number of aliphatic hydroxyl groups is 3. The number of amides is 2. The fourth-order valence-electron chi connectivity index (χ4n) is 6.62. The van der Waals surface area contributed by atoms with Crippen molar-refractivity contribution in [1.29, 1.82) is 0 Å². The second kappa shape index (κ2) is 16.9. The van der Waals surface area contributed by atoms with Crippen molar-refractivity contribution in [2.45, 2.75) is 121 Å². The Morgan fingerprint density at radius 3 is 2.38 bits per heavy atom. The first-order chi connectivity index (χ1) is 24.7. The highest BCUT2D eigenvalue weighted by atomic mass is 16.8. The lowest BCUT2D eigenvalue weighted by Gasteiger charge is -2.31. The van der Waals surface area contributed by atoms with Crippen LogP contribution in [0.2, 0.25) is 0 Å². The molecule has 286 valence electrons. The SMILES string of the molecule is C[C@H](O)[C@@H](NC(=O)C1=C[C@H]2OC(C3CC3)(C3CC3)O[C@H]2[C@H](OC(=O)c2cccc(C=COCCO)c2)C1)C(=O)N[C@H](CO)CCC(=O)OC(C)(C)C. The molecule has 0 radical (unpaired) electrons. The zero-order chi connectivity index (χ0) is 37.6. The van der Waals surface area contributed by atoms with Gasteiger partial charge in [0.2, 0.25) is 11.8 Å². The average molecular weight is 729 g/mol. The van der Waals surface area contributed by atoms with Gasteiger partial charge in [0.05, 0.1) is 37.2 Å². The number of ether oxygens (including phenoxy) is 5. The van der Waals surface area contributed by atoms with Gasteiger partial charge in [0.15, 0.2) is 5.79 Å². The molecule has 5 rings (SSSR count). The van der Waals surface area contributed by atoms with Crippen LogP contribution in [-0.2, 0) is 38.1 Å². The monoisotopic (exact) mass is 728 g/mol. The lowest BCUT2D eigenvalue weighted by atomic mass is 9.91. The molecule has 1 aromatic rings. The summed E-state index contributed by atoms with van der Waals surface area (Å²) in [5.74, 6) is -2.92. The average Bonchev–Trinajstić information content (AvgIpc) is 4.04. The number of hydrogen-bond donors (Lipinski definition) is 5. The van der Waals surface area contributed by atoms with Crippen molar-refractivity contribution in [3.63, 3.8) is 0 Å². The third kappa shape index (κ3) is 10.2. The highest BCUT2D eigenvalue weighted by molar-refractivity contribution is 5.98. The first kappa shape index (κ1) is 39.4. The molecule has 5 N–H and O–H groups in total. The number of esters is 2. The van der Waals surface area contributed by atoms with E-state index in [1.807, 2.05) is 0 Å². The summed E-state index contributed by atoms with van der Waals surface area (Å²) in [6, 6.07) is 4.49. The van der Waals surface area contributed by atoms with Crippen molar-refractivity contribution in [1.82, 2.24) is 10.6 Å². The molecule has 3 aliphatic carbocycles. The van der Waals surface area contributed by atoms with Gasteiger partial charge in [-0.15, -0.1) is 0 Å². The number of benzene rings is 1. The van der Waals surface area contributed by atoms with Crippen molar-refractivity contribution in [2.75, 3.05) is 19.8 Å². The molecule has 1 aromatic carbocycles. The maximum absolute atomic E-state index is 13.8. The molecule has 14 nitrogen and oxygen atoms in total.